The van der Waals surface area contributed by atoms with E-state index in [0.29, 0.717) is 37.1 Å². The molecule has 4 rings (SSSR count). The minimum absolute atomic E-state index is 0.00795. The van der Waals surface area contributed by atoms with Crippen molar-refractivity contribution in [1.29, 1.82) is 0 Å². The number of nitrogens with zero attached hydrogens (tertiary/aromatic N) is 2. The van der Waals surface area contributed by atoms with E-state index < -0.39 is 11.5 Å². The summed E-state index contributed by atoms with van der Waals surface area (Å²) < 4.78 is 11.2. The molecule has 3 aromatic rings. The van der Waals surface area contributed by atoms with Gasteiger partial charge in [0.1, 0.15) is 11.1 Å². The van der Waals surface area contributed by atoms with Crippen molar-refractivity contribution in [2.24, 2.45) is 0 Å². The SMILES string of the molecule is O=C(c1ccco1)N1CCN(C(=O)c2cc3cc(Br)ccc3oc2=O)CC1. The van der Waals surface area contributed by atoms with E-state index >= 15 is 0 Å². The molecule has 1 aliphatic rings. The first-order valence-corrected chi connectivity index (χ1v) is 9.18. The third kappa shape index (κ3) is 3.40. The number of carbonyl (C=O) groups is 2. The van der Waals surface area contributed by atoms with E-state index in [4.69, 9.17) is 8.83 Å². The zero-order valence-corrected chi connectivity index (χ0v) is 15.8. The standard InChI is InChI=1S/C19H15BrN2O5/c20-13-3-4-15-12(10-13)11-14(19(25)27-15)17(23)21-5-7-22(8-6-21)18(24)16-2-1-9-26-16/h1-4,9-11H,5-8H2. The van der Waals surface area contributed by atoms with Gasteiger partial charge in [0.25, 0.3) is 11.8 Å². The van der Waals surface area contributed by atoms with Crippen LogP contribution in [0.3, 0.4) is 0 Å². The highest BCUT2D eigenvalue weighted by Crippen LogP contribution is 2.20. The molecule has 0 aliphatic carbocycles. The number of fused-ring (bicyclic) bond motifs is 1. The van der Waals surface area contributed by atoms with Gasteiger partial charge in [0, 0.05) is 36.0 Å². The molecule has 2 aromatic heterocycles. The van der Waals surface area contributed by atoms with Crippen LogP contribution >= 0.6 is 15.9 Å². The van der Waals surface area contributed by atoms with Crippen LogP contribution in [0.1, 0.15) is 20.9 Å². The van der Waals surface area contributed by atoms with Crippen LogP contribution < -0.4 is 5.63 Å². The smallest absolute Gasteiger partial charge is 0.349 e. The number of benzene rings is 1. The number of hydrogen-bond acceptors (Lipinski definition) is 5. The van der Waals surface area contributed by atoms with Crippen molar-refractivity contribution in [2.45, 2.75) is 0 Å². The Labute approximate surface area is 162 Å². The summed E-state index contributed by atoms with van der Waals surface area (Å²) in [6.07, 6.45) is 1.45. The number of piperazine rings is 1. The monoisotopic (exact) mass is 430 g/mol. The van der Waals surface area contributed by atoms with E-state index in [1.165, 1.54) is 6.26 Å². The molecule has 0 N–H and O–H groups in total. The summed E-state index contributed by atoms with van der Waals surface area (Å²) in [5.74, 6) is -0.326. The summed E-state index contributed by atoms with van der Waals surface area (Å²) >= 11 is 3.37. The molecule has 1 fully saturated rings. The molecule has 138 valence electrons. The van der Waals surface area contributed by atoms with Gasteiger partial charge in [-0.15, -0.1) is 0 Å². The van der Waals surface area contributed by atoms with Gasteiger partial charge >= 0.3 is 5.63 Å². The molecule has 1 aliphatic heterocycles. The van der Waals surface area contributed by atoms with E-state index in [1.54, 1.807) is 46.2 Å². The first-order chi connectivity index (χ1) is 13.0. The maximum Gasteiger partial charge on any atom is 0.349 e. The lowest BCUT2D eigenvalue weighted by atomic mass is 10.1. The fourth-order valence-electron chi connectivity index (χ4n) is 3.08. The lowest BCUT2D eigenvalue weighted by Gasteiger charge is -2.34. The lowest BCUT2D eigenvalue weighted by Crippen LogP contribution is -2.51. The van der Waals surface area contributed by atoms with Crippen LogP contribution in [0.25, 0.3) is 11.0 Å². The molecule has 27 heavy (non-hydrogen) atoms. The molecule has 0 radical (unpaired) electrons. The van der Waals surface area contributed by atoms with Crippen molar-refractivity contribution in [3.05, 3.63) is 68.9 Å². The first kappa shape index (κ1) is 17.5. The van der Waals surface area contributed by atoms with Gasteiger partial charge in [-0.25, -0.2) is 4.79 Å². The second-order valence-corrected chi connectivity index (χ2v) is 7.11. The summed E-state index contributed by atoms with van der Waals surface area (Å²) in [6.45, 7) is 1.41. The number of rotatable bonds is 2. The van der Waals surface area contributed by atoms with Crippen LogP contribution in [0.2, 0.25) is 0 Å². The van der Waals surface area contributed by atoms with Gasteiger partial charge in [-0.05, 0) is 36.4 Å². The highest BCUT2D eigenvalue weighted by atomic mass is 79.9. The van der Waals surface area contributed by atoms with Gasteiger partial charge in [-0.1, -0.05) is 15.9 Å². The van der Waals surface area contributed by atoms with Gasteiger partial charge in [0.2, 0.25) is 0 Å². The van der Waals surface area contributed by atoms with Crippen LogP contribution in [0.5, 0.6) is 0 Å². The minimum Gasteiger partial charge on any atom is -0.459 e. The van der Waals surface area contributed by atoms with Crippen molar-refractivity contribution in [3.8, 4) is 0 Å². The molecule has 0 bridgehead atoms. The van der Waals surface area contributed by atoms with Crippen molar-refractivity contribution < 1.29 is 18.4 Å². The van der Waals surface area contributed by atoms with Crippen molar-refractivity contribution in [1.82, 2.24) is 9.80 Å². The average Bonchev–Trinajstić information content (AvgIpc) is 3.21. The van der Waals surface area contributed by atoms with Gasteiger partial charge in [0.15, 0.2) is 5.76 Å². The number of amides is 2. The Balaban J connectivity index is 1.51. The van der Waals surface area contributed by atoms with E-state index in [-0.39, 0.29) is 17.2 Å². The van der Waals surface area contributed by atoms with Gasteiger partial charge in [-0.3, -0.25) is 9.59 Å². The third-order valence-corrected chi connectivity index (χ3v) is 5.00. The van der Waals surface area contributed by atoms with Crippen LogP contribution in [0.15, 0.2) is 60.8 Å². The zero-order valence-electron chi connectivity index (χ0n) is 14.2. The van der Waals surface area contributed by atoms with Crippen molar-refractivity contribution in [3.63, 3.8) is 0 Å². The van der Waals surface area contributed by atoms with Crippen LogP contribution in [-0.4, -0.2) is 47.8 Å². The number of hydrogen-bond donors (Lipinski definition) is 0. The summed E-state index contributed by atoms with van der Waals surface area (Å²) in [5, 5.41) is 0.666. The summed E-state index contributed by atoms with van der Waals surface area (Å²) in [7, 11) is 0. The molecule has 1 saturated heterocycles. The number of halogens is 1. The van der Waals surface area contributed by atoms with Crippen LogP contribution in [0, 0.1) is 0 Å². The van der Waals surface area contributed by atoms with Crippen molar-refractivity contribution in [2.75, 3.05) is 26.2 Å². The maximum atomic E-state index is 12.8. The molecule has 3 heterocycles. The fourth-order valence-corrected chi connectivity index (χ4v) is 3.46. The average molecular weight is 431 g/mol. The van der Waals surface area contributed by atoms with E-state index in [2.05, 4.69) is 15.9 Å². The van der Waals surface area contributed by atoms with E-state index in [1.807, 2.05) is 0 Å². The largest absolute Gasteiger partial charge is 0.459 e. The molecule has 0 unspecified atom stereocenters. The Morgan fingerprint density at radius 1 is 0.963 bits per heavy atom. The van der Waals surface area contributed by atoms with E-state index in [9.17, 15) is 14.4 Å². The van der Waals surface area contributed by atoms with Crippen molar-refractivity contribution >= 4 is 38.7 Å². The van der Waals surface area contributed by atoms with E-state index in [0.717, 1.165) is 4.47 Å². The van der Waals surface area contributed by atoms with Crippen LogP contribution in [-0.2, 0) is 0 Å². The second-order valence-electron chi connectivity index (χ2n) is 6.19. The van der Waals surface area contributed by atoms with Crippen LogP contribution in [0.4, 0.5) is 0 Å². The highest BCUT2D eigenvalue weighted by molar-refractivity contribution is 9.10. The highest BCUT2D eigenvalue weighted by Gasteiger charge is 2.28. The van der Waals surface area contributed by atoms with Gasteiger partial charge < -0.3 is 18.6 Å². The molecule has 0 atom stereocenters. The topological polar surface area (TPSA) is 84.0 Å². The Morgan fingerprint density at radius 3 is 2.33 bits per heavy atom. The number of furan rings is 1. The Kier molecular flexibility index (Phi) is 4.57. The predicted octanol–water partition coefficient (Wildman–Crippen LogP) is 2.75. The molecular weight excluding hydrogens is 416 g/mol. The molecular formula is C19H15BrN2O5. The quantitative estimate of drug-likeness (QED) is 0.583. The second kappa shape index (κ2) is 7.03. The zero-order chi connectivity index (χ0) is 19.0. The molecule has 0 spiro atoms. The minimum atomic E-state index is -0.663. The predicted molar refractivity (Wildman–Crippen MR) is 101 cm³/mol. The summed E-state index contributed by atoms with van der Waals surface area (Å²) in [5.41, 5.74) is -0.246. The molecule has 0 saturated carbocycles. The Bertz CT molecular complexity index is 1070. The third-order valence-electron chi connectivity index (χ3n) is 4.51. The van der Waals surface area contributed by atoms with Gasteiger partial charge in [0.05, 0.1) is 6.26 Å². The lowest BCUT2D eigenvalue weighted by molar-refractivity contribution is 0.0516. The Morgan fingerprint density at radius 2 is 1.67 bits per heavy atom. The molecule has 8 heteroatoms. The summed E-state index contributed by atoms with van der Waals surface area (Å²) in [4.78, 5) is 40.5. The maximum absolute atomic E-state index is 12.8. The molecule has 2 amide bonds. The van der Waals surface area contributed by atoms with Gasteiger partial charge in [-0.2, -0.15) is 0 Å². The molecule has 7 nitrogen and oxygen atoms in total. The Hall–Kier alpha value is -2.87. The summed E-state index contributed by atoms with van der Waals surface area (Å²) in [6, 6.07) is 10.0. The normalized spacial score (nSPS) is 14.6. The first-order valence-electron chi connectivity index (χ1n) is 8.38. The molecule has 1 aromatic carbocycles. The number of carbonyl (C=O) groups excluding carboxylic acids is 2. The fraction of sp³-hybridized carbons (Fsp3) is 0.211.